The van der Waals surface area contributed by atoms with Crippen LogP contribution in [0.5, 0.6) is 5.75 Å². The van der Waals surface area contributed by atoms with Gasteiger partial charge in [-0.2, -0.15) is 0 Å². The van der Waals surface area contributed by atoms with Crippen molar-refractivity contribution >= 4 is 17.6 Å². The van der Waals surface area contributed by atoms with Gasteiger partial charge in [0.15, 0.2) is 5.60 Å². The van der Waals surface area contributed by atoms with Gasteiger partial charge in [-0.15, -0.1) is 0 Å². The summed E-state index contributed by atoms with van der Waals surface area (Å²) >= 11 is 0. The van der Waals surface area contributed by atoms with Crippen molar-refractivity contribution in [1.29, 1.82) is 0 Å². The largest absolute Gasteiger partial charge is 0.475 e. The summed E-state index contributed by atoms with van der Waals surface area (Å²) < 4.78 is 10.5. The van der Waals surface area contributed by atoms with Gasteiger partial charge in [0.05, 0.1) is 18.4 Å². The number of carbonyl (C=O) groups is 2. The Hall–Kier alpha value is -2.04. The molecule has 19 heavy (non-hydrogen) atoms. The number of nitrogens with one attached hydrogen (secondary N) is 1. The monoisotopic (exact) mass is 263 g/mol. The Morgan fingerprint density at radius 3 is 2.63 bits per heavy atom. The molecule has 2 rings (SSSR count). The van der Waals surface area contributed by atoms with Gasteiger partial charge >= 0.3 is 5.97 Å². The minimum atomic E-state index is -0.859. The Morgan fingerprint density at radius 2 is 2.05 bits per heavy atom. The number of amides is 1. The van der Waals surface area contributed by atoms with E-state index in [0.29, 0.717) is 29.8 Å². The maximum Gasteiger partial charge on any atom is 0.337 e. The lowest BCUT2D eigenvalue weighted by atomic mass is 9.94. The molecule has 1 N–H and O–H groups in total. The van der Waals surface area contributed by atoms with Gasteiger partial charge in [0.25, 0.3) is 5.91 Å². The molecule has 1 aliphatic rings. The Bertz CT molecular complexity index is 520. The second kappa shape index (κ2) is 4.91. The molecule has 0 aromatic heterocycles. The Morgan fingerprint density at radius 1 is 1.37 bits per heavy atom. The van der Waals surface area contributed by atoms with Crippen LogP contribution in [-0.2, 0) is 9.53 Å². The Labute approximate surface area is 111 Å². The van der Waals surface area contributed by atoms with E-state index in [4.69, 9.17) is 4.74 Å². The molecule has 0 radical (unpaired) electrons. The molecule has 0 saturated heterocycles. The SMILES string of the molecule is CCC1(CC)Oc2cc(C(=O)OC)ccc2NC1=O. The number of esters is 1. The van der Waals surface area contributed by atoms with Crippen LogP contribution < -0.4 is 10.1 Å². The highest BCUT2D eigenvalue weighted by Gasteiger charge is 2.41. The van der Waals surface area contributed by atoms with Crippen LogP contribution in [0.4, 0.5) is 5.69 Å². The van der Waals surface area contributed by atoms with Crippen LogP contribution in [0, 0.1) is 0 Å². The maximum absolute atomic E-state index is 12.1. The topological polar surface area (TPSA) is 64.6 Å². The highest BCUT2D eigenvalue weighted by molar-refractivity contribution is 6.01. The third-order valence-electron chi connectivity index (χ3n) is 3.51. The number of carbonyl (C=O) groups excluding carboxylic acids is 2. The second-order valence-corrected chi connectivity index (χ2v) is 4.46. The molecule has 1 aromatic rings. The van der Waals surface area contributed by atoms with E-state index in [1.807, 2.05) is 13.8 Å². The van der Waals surface area contributed by atoms with E-state index in [-0.39, 0.29) is 5.91 Å². The zero-order valence-electron chi connectivity index (χ0n) is 11.3. The summed E-state index contributed by atoms with van der Waals surface area (Å²) in [5, 5.41) is 2.82. The third kappa shape index (κ3) is 2.16. The third-order valence-corrected chi connectivity index (χ3v) is 3.51. The van der Waals surface area contributed by atoms with Crippen LogP contribution in [0.2, 0.25) is 0 Å². The first-order valence-corrected chi connectivity index (χ1v) is 6.29. The van der Waals surface area contributed by atoms with Crippen molar-refractivity contribution in [3.63, 3.8) is 0 Å². The average molecular weight is 263 g/mol. The fourth-order valence-electron chi connectivity index (χ4n) is 2.16. The first-order chi connectivity index (χ1) is 9.06. The molecule has 102 valence electrons. The van der Waals surface area contributed by atoms with Crippen LogP contribution in [0.25, 0.3) is 0 Å². The molecular formula is C14H17NO4. The number of ether oxygens (including phenoxy) is 2. The maximum atomic E-state index is 12.1. The predicted octanol–water partition coefficient (Wildman–Crippen LogP) is 2.36. The molecule has 0 saturated carbocycles. The summed E-state index contributed by atoms with van der Waals surface area (Å²) in [5.74, 6) is -0.0658. The zero-order chi connectivity index (χ0) is 14.0. The molecule has 5 heteroatoms. The number of hydrogen-bond acceptors (Lipinski definition) is 4. The minimum Gasteiger partial charge on any atom is -0.475 e. The lowest BCUT2D eigenvalue weighted by Crippen LogP contribution is -2.49. The molecular weight excluding hydrogens is 246 g/mol. The molecule has 5 nitrogen and oxygen atoms in total. The van der Waals surface area contributed by atoms with E-state index in [1.165, 1.54) is 7.11 Å². The van der Waals surface area contributed by atoms with Crippen LogP contribution in [0.1, 0.15) is 37.0 Å². The molecule has 0 bridgehead atoms. The summed E-state index contributed by atoms with van der Waals surface area (Å²) in [6, 6.07) is 4.84. The average Bonchev–Trinajstić information content (AvgIpc) is 2.45. The summed E-state index contributed by atoms with van der Waals surface area (Å²) in [6.07, 6.45) is 1.13. The van der Waals surface area contributed by atoms with Gasteiger partial charge in [-0.05, 0) is 31.0 Å². The standard InChI is InChI=1S/C14H17NO4/c1-4-14(5-2)13(17)15-10-7-6-9(12(16)18-3)8-11(10)19-14/h6-8H,4-5H2,1-3H3,(H,15,17). The summed E-state index contributed by atoms with van der Waals surface area (Å²) in [7, 11) is 1.33. The Kier molecular flexibility index (Phi) is 3.46. The van der Waals surface area contributed by atoms with Crippen molar-refractivity contribution in [3.8, 4) is 5.75 Å². The van der Waals surface area contributed by atoms with E-state index >= 15 is 0 Å². The molecule has 0 aliphatic carbocycles. The van der Waals surface area contributed by atoms with Gasteiger partial charge in [-0.25, -0.2) is 4.79 Å². The number of hydrogen-bond donors (Lipinski definition) is 1. The van der Waals surface area contributed by atoms with Gasteiger partial charge in [-0.1, -0.05) is 13.8 Å². The fraction of sp³-hybridized carbons (Fsp3) is 0.429. The molecule has 0 fully saturated rings. The lowest BCUT2D eigenvalue weighted by Gasteiger charge is -2.36. The number of anilines is 1. The summed E-state index contributed by atoms with van der Waals surface area (Å²) in [5.41, 5.74) is 0.121. The van der Waals surface area contributed by atoms with Crippen LogP contribution >= 0.6 is 0 Å². The highest BCUT2D eigenvalue weighted by atomic mass is 16.5. The zero-order valence-corrected chi connectivity index (χ0v) is 11.3. The first-order valence-electron chi connectivity index (χ1n) is 6.29. The van der Waals surface area contributed by atoms with Gasteiger partial charge < -0.3 is 14.8 Å². The minimum absolute atomic E-state index is 0.143. The molecule has 1 amide bonds. The number of methoxy groups -OCH3 is 1. The van der Waals surface area contributed by atoms with Gasteiger partial charge in [0.1, 0.15) is 5.75 Å². The Balaban J connectivity index is 2.41. The number of benzene rings is 1. The number of fused-ring (bicyclic) bond motifs is 1. The fourth-order valence-corrected chi connectivity index (χ4v) is 2.16. The molecule has 1 heterocycles. The molecule has 0 atom stereocenters. The van der Waals surface area contributed by atoms with E-state index in [0.717, 1.165) is 0 Å². The smallest absolute Gasteiger partial charge is 0.337 e. The van der Waals surface area contributed by atoms with Crippen molar-refractivity contribution < 1.29 is 19.1 Å². The molecule has 1 aliphatic heterocycles. The van der Waals surface area contributed by atoms with Crippen molar-refractivity contribution in [2.75, 3.05) is 12.4 Å². The van der Waals surface area contributed by atoms with Gasteiger partial charge in [0.2, 0.25) is 0 Å². The first kappa shape index (κ1) is 13.4. The van der Waals surface area contributed by atoms with Crippen LogP contribution in [0.15, 0.2) is 18.2 Å². The summed E-state index contributed by atoms with van der Waals surface area (Å²) in [6.45, 7) is 3.80. The van der Waals surface area contributed by atoms with E-state index < -0.39 is 11.6 Å². The van der Waals surface area contributed by atoms with Crippen LogP contribution in [-0.4, -0.2) is 24.6 Å². The molecule has 1 aromatic carbocycles. The number of rotatable bonds is 3. The second-order valence-electron chi connectivity index (χ2n) is 4.46. The van der Waals surface area contributed by atoms with E-state index in [9.17, 15) is 9.59 Å². The summed E-state index contributed by atoms with van der Waals surface area (Å²) in [4.78, 5) is 23.6. The van der Waals surface area contributed by atoms with E-state index in [1.54, 1.807) is 18.2 Å². The van der Waals surface area contributed by atoms with Crippen molar-refractivity contribution in [2.45, 2.75) is 32.3 Å². The molecule has 0 spiro atoms. The van der Waals surface area contributed by atoms with Gasteiger partial charge in [-0.3, -0.25) is 4.79 Å². The predicted molar refractivity (Wildman–Crippen MR) is 70.4 cm³/mol. The molecule has 0 unspecified atom stereocenters. The van der Waals surface area contributed by atoms with Crippen molar-refractivity contribution in [1.82, 2.24) is 0 Å². The highest BCUT2D eigenvalue weighted by Crippen LogP contribution is 2.37. The normalized spacial score (nSPS) is 16.1. The van der Waals surface area contributed by atoms with Crippen molar-refractivity contribution in [2.24, 2.45) is 0 Å². The van der Waals surface area contributed by atoms with Crippen molar-refractivity contribution in [3.05, 3.63) is 23.8 Å². The van der Waals surface area contributed by atoms with Gasteiger partial charge in [0, 0.05) is 0 Å². The quantitative estimate of drug-likeness (QED) is 0.850. The van der Waals surface area contributed by atoms with E-state index in [2.05, 4.69) is 10.1 Å². The van der Waals surface area contributed by atoms with Crippen LogP contribution in [0.3, 0.4) is 0 Å². The lowest BCUT2D eigenvalue weighted by molar-refractivity contribution is -0.133.